The third-order valence-corrected chi connectivity index (χ3v) is 4.50. The third-order valence-electron chi connectivity index (χ3n) is 2.19. The quantitative estimate of drug-likeness (QED) is 0.689. The lowest BCUT2D eigenvalue weighted by atomic mass is 10.2. The van der Waals surface area contributed by atoms with Crippen molar-refractivity contribution in [2.75, 3.05) is 19.8 Å². The molecule has 0 saturated carbocycles. The molecule has 1 rings (SSSR count). The van der Waals surface area contributed by atoms with Gasteiger partial charge < -0.3 is 14.9 Å². The molecule has 0 aliphatic rings. The Hall–Kier alpha value is -0.410. The molecule has 0 bridgehead atoms. The molecule has 0 saturated heterocycles. The molecule has 6 nitrogen and oxygen atoms in total. The van der Waals surface area contributed by atoms with Crippen molar-refractivity contribution in [2.24, 2.45) is 11.7 Å². The maximum atomic E-state index is 12.0. The van der Waals surface area contributed by atoms with Gasteiger partial charge in [-0.05, 0) is 21.8 Å². The number of rotatable bonds is 8. The lowest BCUT2D eigenvalue weighted by molar-refractivity contribution is 0.114. The van der Waals surface area contributed by atoms with Crippen molar-refractivity contribution < 1.29 is 17.6 Å². The normalized spacial score (nSPS) is 12.3. The second-order valence-corrected chi connectivity index (χ2v) is 6.88. The highest BCUT2D eigenvalue weighted by Crippen LogP contribution is 2.25. The molecule has 1 aromatic heterocycles. The van der Waals surface area contributed by atoms with Gasteiger partial charge in [0.2, 0.25) is 10.0 Å². The van der Waals surface area contributed by atoms with Crippen LogP contribution >= 0.6 is 15.9 Å². The van der Waals surface area contributed by atoms with Gasteiger partial charge >= 0.3 is 0 Å². The van der Waals surface area contributed by atoms with Gasteiger partial charge in [0, 0.05) is 19.2 Å². The van der Waals surface area contributed by atoms with Gasteiger partial charge in [-0.1, -0.05) is 13.8 Å². The van der Waals surface area contributed by atoms with E-state index < -0.39 is 10.0 Å². The summed E-state index contributed by atoms with van der Waals surface area (Å²) in [5.41, 5.74) is 5.39. The minimum Gasteiger partial charge on any atom is -0.452 e. The molecule has 0 atom stereocenters. The maximum Gasteiger partial charge on any atom is 0.245 e. The van der Waals surface area contributed by atoms with Crippen molar-refractivity contribution in [3.8, 4) is 0 Å². The molecule has 1 heterocycles. The molecule has 110 valence electrons. The van der Waals surface area contributed by atoms with E-state index >= 15 is 0 Å². The first-order valence-corrected chi connectivity index (χ1v) is 8.20. The van der Waals surface area contributed by atoms with Crippen molar-refractivity contribution in [3.05, 3.63) is 16.5 Å². The van der Waals surface area contributed by atoms with E-state index in [2.05, 4.69) is 20.7 Å². The topological polar surface area (TPSA) is 94.6 Å². The van der Waals surface area contributed by atoms with Crippen LogP contribution in [-0.2, 0) is 21.3 Å². The number of hydrogen-bond acceptors (Lipinski definition) is 5. The molecule has 3 N–H and O–H groups in total. The van der Waals surface area contributed by atoms with Gasteiger partial charge in [-0.25, -0.2) is 13.1 Å². The first-order valence-electron chi connectivity index (χ1n) is 5.92. The van der Waals surface area contributed by atoms with Gasteiger partial charge in [-0.15, -0.1) is 0 Å². The summed E-state index contributed by atoms with van der Waals surface area (Å²) < 4.78 is 37.0. The number of nitrogens with two attached hydrogens (primary N) is 1. The van der Waals surface area contributed by atoms with Crippen LogP contribution in [0.1, 0.15) is 19.6 Å². The second kappa shape index (κ2) is 7.39. The number of hydrogen-bond donors (Lipinski definition) is 2. The molecule has 0 unspecified atom stereocenters. The predicted molar refractivity (Wildman–Crippen MR) is 75.1 cm³/mol. The predicted octanol–water partition coefficient (Wildman–Crippen LogP) is 1.45. The lowest BCUT2D eigenvalue weighted by Gasteiger charge is -2.08. The highest BCUT2D eigenvalue weighted by molar-refractivity contribution is 9.10. The molecule has 1 aromatic rings. The average molecular weight is 355 g/mol. The number of nitrogens with one attached hydrogen (secondary N) is 1. The molecule has 0 amide bonds. The first kappa shape index (κ1) is 16.6. The molecule has 0 aliphatic heterocycles. The fourth-order valence-corrected chi connectivity index (χ4v) is 3.34. The lowest BCUT2D eigenvalue weighted by Crippen LogP contribution is -2.27. The van der Waals surface area contributed by atoms with E-state index in [1.807, 2.05) is 13.8 Å². The first-order chi connectivity index (χ1) is 8.86. The van der Waals surface area contributed by atoms with Crippen LogP contribution in [0, 0.1) is 5.92 Å². The summed E-state index contributed by atoms with van der Waals surface area (Å²) in [6, 6.07) is 1.40. The Morgan fingerprint density at radius 3 is 2.74 bits per heavy atom. The van der Waals surface area contributed by atoms with Crippen molar-refractivity contribution in [3.63, 3.8) is 0 Å². The molecule has 8 heteroatoms. The molecule has 0 fully saturated rings. The van der Waals surface area contributed by atoms with E-state index in [1.165, 1.54) is 6.07 Å². The SMILES string of the molecule is CC(C)COCCNS(=O)(=O)c1cc(CN)oc1Br. The summed E-state index contributed by atoms with van der Waals surface area (Å²) in [5, 5.41) is 0. The summed E-state index contributed by atoms with van der Waals surface area (Å²) in [6.45, 7) is 5.35. The van der Waals surface area contributed by atoms with Crippen LogP contribution in [0.15, 0.2) is 20.0 Å². The Kier molecular flexibility index (Phi) is 6.48. The second-order valence-electron chi connectivity index (χ2n) is 4.42. The van der Waals surface area contributed by atoms with Gasteiger partial charge in [0.25, 0.3) is 0 Å². The van der Waals surface area contributed by atoms with E-state index in [-0.39, 0.29) is 22.7 Å². The summed E-state index contributed by atoms with van der Waals surface area (Å²) in [4.78, 5) is 0.0526. The molecule has 0 aliphatic carbocycles. The zero-order valence-electron chi connectivity index (χ0n) is 11.0. The van der Waals surface area contributed by atoms with E-state index in [0.29, 0.717) is 24.9 Å². The van der Waals surface area contributed by atoms with Crippen molar-refractivity contribution >= 4 is 26.0 Å². The molecule has 0 spiro atoms. The third kappa shape index (κ3) is 5.23. The molecular formula is C11H19BrN2O4S. The standard InChI is InChI=1S/C11H19BrN2O4S/c1-8(2)7-17-4-3-14-19(15,16)10-5-9(6-13)18-11(10)12/h5,8,14H,3-4,6-7,13H2,1-2H3. The van der Waals surface area contributed by atoms with Gasteiger partial charge in [0.15, 0.2) is 4.67 Å². The minimum absolute atomic E-state index is 0.0526. The zero-order chi connectivity index (χ0) is 14.5. The Morgan fingerprint density at radius 2 is 2.21 bits per heavy atom. The Morgan fingerprint density at radius 1 is 1.53 bits per heavy atom. The summed E-state index contributed by atoms with van der Waals surface area (Å²) >= 11 is 3.06. The highest BCUT2D eigenvalue weighted by atomic mass is 79.9. The van der Waals surface area contributed by atoms with E-state index in [9.17, 15) is 8.42 Å². The van der Waals surface area contributed by atoms with Crippen LogP contribution in [0.5, 0.6) is 0 Å². The molecular weight excluding hydrogens is 336 g/mol. The molecule has 0 radical (unpaired) electrons. The Bertz CT molecular complexity index is 499. The molecule has 19 heavy (non-hydrogen) atoms. The Labute approximate surface area is 121 Å². The van der Waals surface area contributed by atoms with Crippen LogP contribution in [0.4, 0.5) is 0 Å². The largest absolute Gasteiger partial charge is 0.452 e. The van der Waals surface area contributed by atoms with Crippen LogP contribution in [0.25, 0.3) is 0 Å². The van der Waals surface area contributed by atoms with Crippen molar-refractivity contribution in [1.29, 1.82) is 0 Å². The van der Waals surface area contributed by atoms with E-state index in [1.54, 1.807) is 0 Å². The van der Waals surface area contributed by atoms with Crippen molar-refractivity contribution in [2.45, 2.75) is 25.3 Å². The number of furan rings is 1. The number of ether oxygens (including phenoxy) is 1. The smallest absolute Gasteiger partial charge is 0.245 e. The maximum absolute atomic E-state index is 12.0. The van der Waals surface area contributed by atoms with E-state index in [4.69, 9.17) is 14.9 Å². The van der Waals surface area contributed by atoms with Crippen LogP contribution in [0.2, 0.25) is 0 Å². The Balaban J connectivity index is 2.53. The number of sulfonamides is 1. The zero-order valence-corrected chi connectivity index (χ0v) is 13.4. The summed E-state index contributed by atoms with van der Waals surface area (Å²) in [5.74, 6) is 0.829. The summed E-state index contributed by atoms with van der Waals surface area (Å²) in [6.07, 6.45) is 0. The fourth-order valence-electron chi connectivity index (χ4n) is 1.33. The average Bonchev–Trinajstić information content (AvgIpc) is 2.70. The minimum atomic E-state index is -3.61. The summed E-state index contributed by atoms with van der Waals surface area (Å²) in [7, 11) is -3.61. The van der Waals surface area contributed by atoms with Gasteiger partial charge in [0.05, 0.1) is 13.2 Å². The fraction of sp³-hybridized carbons (Fsp3) is 0.636. The monoisotopic (exact) mass is 354 g/mol. The molecule has 0 aromatic carbocycles. The van der Waals surface area contributed by atoms with Crippen LogP contribution in [-0.4, -0.2) is 28.2 Å². The van der Waals surface area contributed by atoms with E-state index in [0.717, 1.165) is 0 Å². The van der Waals surface area contributed by atoms with Gasteiger partial charge in [-0.2, -0.15) is 0 Å². The van der Waals surface area contributed by atoms with Gasteiger partial charge in [0.1, 0.15) is 10.7 Å². The highest BCUT2D eigenvalue weighted by Gasteiger charge is 2.21. The number of halogens is 1. The van der Waals surface area contributed by atoms with Crippen LogP contribution in [0.3, 0.4) is 0 Å². The van der Waals surface area contributed by atoms with Gasteiger partial charge in [-0.3, -0.25) is 0 Å². The van der Waals surface area contributed by atoms with Crippen LogP contribution < -0.4 is 10.5 Å². The van der Waals surface area contributed by atoms with Crippen molar-refractivity contribution in [1.82, 2.24) is 4.72 Å².